The average Bonchev–Trinajstić information content (AvgIpc) is 2.18. The second-order valence-corrected chi connectivity index (χ2v) is 3.39. The van der Waals surface area contributed by atoms with Gasteiger partial charge in [-0.05, 0) is 13.0 Å². The first-order valence-corrected chi connectivity index (χ1v) is 4.70. The zero-order chi connectivity index (χ0) is 9.97. The molecule has 0 spiro atoms. The maximum atomic E-state index is 5.53. The van der Waals surface area contributed by atoms with E-state index in [2.05, 4.69) is 21.8 Å². The summed E-state index contributed by atoms with van der Waals surface area (Å²) in [6.07, 6.45) is 1.68. The minimum absolute atomic E-state index is 0.321. The number of rotatable bonds is 1. The number of nitrogens with zero attached hydrogens (tertiary/aromatic N) is 3. The topological polar surface area (TPSA) is 64.3 Å². The molecule has 1 aromatic heterocycles. The van der Waals surface area contributed by atoms with Crippen molar-refractivity contribution >= 4 is 11.8 Å². The Morgan fingerprint density at radius 1 is 1.64 bits per heavy atom. The van der Waals surface area contributed by atoms with Crippen LogP contribution in [0.25, 0.3) is 0 Å². The molecule has 2 N–H and O–H groups in total. The van der Waals surface area contributed by atoms with Gasteiger partial charge in [-0.25, -0.2) is 4.98 Å². The molecule has 14 heavy (non-hydrogen) atoms. The fraction of sp³-hybridized carbons (Fsp3) is 0.556. The lowest BCUT2D eigenvalue weighted by Crippen LogP contribution is -2.44. The molecule has 1 saturated heterocycles. The summed E-state index contributed by atoms with van der Waals surface area (Å²) in [7, 11) is 0. The third-order valence-electron chi connectivity index (χ3n) is 2.32. The normalized spacial score (nSPS) is 22.4. The van der Waals surface area contributed by atoms with Crippen molar-refractivity contribution in [1.29, 1.82) is 0 Å². The molecule has 0 amide bonds. The first-order valence-electron chi connectivity index (χ1n) is 4.70. The lowest BCUT2D eigenvalue weighted by Gasteiger charge is -2.34. The minimum Gasteiger partial charge on any atom is -0.377 e. The second-order valence-electron chi connectivity index (χ2n) is 3.39. The number of ether oxygens (including phenoxy) is 1. The van der Waals surface area contributed by atoms with Gasteiger partial charge in [0.1, 0.15) is 5.82 Å². The van der Waals surface area contributed by atoms with Crippen molar-refractivity contribution in [3.05, 3.63) is 12.3 Å². The minimum atomic E-state index is 0.321. The molecule has 0 bridgehead atoms. The first-order chi connectivity index (χ1) is 6.77. The molecule has 2 heterocycles. The van der Waals surface area contributed by atoms with E-state index in [0.717, 1.165) is 25.6 Å². The molecule has 1 unspecified atom stereocenters. The van der Waals surface area contributed by atoms with E-state index in [9.17, 15) is 0 Å². The van der Waals surface area contributed by atoms with E-state index >= 15 is 0 Å². The summed E-state index contributed by atoms with van der Waals surface area (Å²) in [5, 5.41) is 0. The standard InChI is InChI=1S/C9H14N4O/c1-7-6-14-5-4-13(7)8-2-3-11-9(10)12-8/h2-3,7H,4-6H2,1H3,(H2,10,11,12). The molecule has 0 aliphatic carbocycles. The van der Waals surface area contributed by atoms with Gasteiger partial charge >= 0.3 is 0 Å². The van der Waals surface area contributed by atoms with Crippen LogP contribution < -0.4 is 10.6 Å². The molecule has 1 aliphatic rings. The van der Waals surface area contributed by atoms with Gasteiger partial charge in [0.05, 0.1) is 19.3 Å². The van der Waals surface area contributed by atoms with Gasteiger partial charge < -0.3 is 15.4 Å². The van der Waals surface area contributed by atoms with Crippen LogP contribution in [-0.2, 0) is 4.74 Å². The Balaban J connectivity index is 2.20. The van der Waals surface area contributed by atoms with Crippen molar-refractivity contribution < 1.29 is 4.74 Å². The maximum absolute atomic E-state index is 5.53. The van der Waals surface area contributed by atoms with Gasteiger partial charge in [0, 0.05) is 12.7 Å². The van der Waals surface area contributed by atoms with Crippen LogP contribution in [0.15, 0.2) is 12.3 Å². The van der Waals surface area contributed by atoms with Crippen LogP contribution in [0.1, 0.15) is 6.92 Å². The molecule has 1 atom stereocenters. The van der Waals surface area contributed by atoms with Crippen LogP contribution in [-0.4, -0.2) is 35.8 Å². The summed E-state index contributed by atoms with van der Waals surface area (Å²) >= 11 is 0. The molecule has 1 aromatic rings. The predicted molar refractivity (Wildman–Crippen MR) is 54.1 cm³/mol. The maximum Gasteiger partial charge on any atom is 0.221 e. The summed E-state index contributed by atoms with van der Waals surface area (Å²) in [6.45, 7) is 4.45. The summed E-state index contributed by atoms with van der Waals surface area (Å²) in [4.78, 5) is 10.2. The van der Waals surface area contributed by atoms with Crippen LogP contribution >= 0.6 is 0 Å². The van der Waals surface area contributed by atoms with Gasteiger partial charge in [-0.1, -0.05) is 0 Å². The number of hydrogen-bond donors (Lipinski definition) is 1. The third-order valence-corrected chi connectivity index (χ3v) is 2.32. The van der Waals surface area contributed by atoms with Crippen LogP contribution in [0.4, 0.5) is 11.8 Å². The molecular weight excluding hydrogens is 180 g/mol. The summed E-state index contributed by atoms with van der Waals surface area (Å²) in [6, 6.07) is 2.22. The van der Waals surface area contributed by atoms with E-state index in [0.29, 0.717) is 12.0 Å². The predicted octanol–water partition coefficient (Wildman–Crippen LogP) is 0.284. The SMILES string of the molecule is CC1COCCN1c1ccnc(N)n1. The molecule has 5 heteroatoms. The Bertz CT molecular complexity index is 317. The van der Waals surface area contributed by atoms with Crippen molar-refractivity contribution in [2.45, 2.75) is 13.0 Å². The highest BCUT2D eigenvalue weighted by atomic mass is 16.5. The largest absolute Gasteiger partial charge is 0.377 e. The number of morpholine rings is 1. The molecule has 0 saturated carbocycles. The lowest BCUT2D eigenvalue weighted by molar-refractivity contribution is 0.0985. The van der Waals surface area contributed by atoms with E-state index in [-0.39, 0.29) is 0 Å². The molecule has 76 valence electrons. The first kappa shape index (κ1) is 9.21. The van der Waals surface area contributed by atoms with Crippen molar-refractivity contribution in [3.8, 4) is 0 Å². The number of nitrogens with two attached hydrogens (primary N) is 1. The number of anilines is 2. The molecule has 2 rings (SSSR count). The van der Waals surface area contributed by atoms with E-state index in [1.165, 1.54) is 0 Å². The van der Waals surface area contributed by atoms with Crippen molar-refractivity contribution in [3.63, 3.8) is 0 Å². The molecule has 1 aliphatic heterocycles. The number of hydrogen-bond acceptors (Lipinski definition) is 5. The number of nitrogen functional groups attached to an aromatic ring is 1. The zero-order valence-electron chi connectivity index (χ0n) is 8.18. The molecule has 0 aromatic carbocycles. The van der Waals surface area contributed by atoms with Gasteiger partial charge in [-0.2, -0.15) is 4.98 Å². The fourth-order valence-electron chi connectivity index (χ4n) is 1.59. The smallest absolute Gasteiger partial charge is 0.221 e. The van der Waals surface area contributed by atoms with Crippen molar-refractivity contribution in [2.24, 2.45) is 0 Å². The van der Waals surface area contributed by atoms with E-state index in [1.807, 2.05) is 6.07 Å². The Kier molecular flexibility index (Phi) is 2.49. The Labute approximate surface area is 82.9 Å². The Morgan fingerprint density at radius 3 is 3.21 bits per heavy atom. The average molecular weight is 194 g/mol. The van der Waals surface area contributed by atoms with E-state index in [1.54, 1.807) is 6.20 Å². The highest BCUT2D eigenvalue weighted by molar-refractivity contribution is 5.42. The van der Waals surface area contributed by atoms with Crippen LogP contribution in [0.2, 0.25) is 0 Å². The monoisotopic (exact) mass is 194 g/mol. The third kappa shape index (κ3) is 1.77. The zero-order valence-corrected chi connectivity index (χ0v) is 8.18. The van der Waals surface area contributed by atoms with Crippen molar-refractivity contribution in [2.75, 3.05) is 30.4 Å². The van der Waals surface area contributed by atoms with E-state index < -0.39 is 0 Å². The van der Waals surface area contributed by atoms with Gasteiger partial charge in [0.2, 0.25) is 5.95 Å². The second kappa shape index (κ2) is 3.79. The molecular formula is C9H14N4O. The quantitative estimate of drug-likeness (QED) is 0.695. The summed E-state index contributed by atoms with van der Waals surface area (Å²) in [5.74, 6) is 1.20. The highest BCUT2D eigenvalue weighted by Crippen LogP contribution is 2.16. The Hall–Kier alpha value is -1.36. The van der Waals surface area contributed by atoms with E-state index in [4.69, 9.17) is 10.5 Å². The summed E-state index contributed by atoms with van der Waals surface area (Å²) < 4.78 is 5.35. The molecule has 0 radical (unpaired) electrons. The van der Waals surface area contributed by atoms with Gasteiger partial charge in [-0.15, -0.1) is 0 Å². The molecule has 5 nitrogen and oxygen atoms in total. The summed E-state index contributed by atoms with van der Waals surface area (Å²) in [5.41, 5.74) is 5.53. The fourth-order valence-corrected chi connectivity index (χ4v) is 1.59. The van der Waals surface area contributed by atoms with Gasteiger partial charge in [0.15, 0.2) is 0 Å². The highest BCUT2D eigenvalue weighted by Gasteiger charge is 2.19. The Morgan fingerprint density at radius 2 is 2.50 bits per heavy atom. The lowest BCUT2D eigenvalue weighted by atomic mass is 10.2. The number of aromatic nitrogens is 2. The van der Waals surface area contributed by atoms with Crippen LogP contribution in [0.5, 0.6) is 0 Å². The van der Waals surface area contributed by atoms with Crippen LogP contribution in [0.3, 0.4) is 0 Å². The van der Waals surface area contributed by atoms with Gasteiger partial charge in [-0.3, -0.25) is 0 Å². The van der Waals surface area contributed by atoms with Crippen LogP contribution in [0, 0.1) is 0 Å². The van der Waals surface area contributed by atoms with Crippen molar-refractivity contribution in [1.82, 2.24) is 9.97 Å². The van der Waals surface area contributed by atoms with Gasteiger partial charge in [0.25, 0.3) is 0 Å². The molecule has 1 fully saturated rings.